The summed E-state index contributed by atoms with van der Waals surface area (Å²) in [6, 6.07) is 5.77. The van der Waals surface area contributed by atoms with E-state index in [-0.39, 0.29) is 18.1 Å². The molecule has 3 aromatic rings. The molecule has 154 valence electrons. The lowest BCUT2D eigenvalue weighted by Crippen LogP contribution is -2.42. The predicted octanol–water partition coefficient (Wildman–Crippen LogP) is 3.31. The van der Waals surface area contributed by atoms with Crippen LogP contribution in [0.2, 0.25) is 0 Å². The molecule has 6 nitrogen and oxygen atoms in total. The number of rotatable bonds is 7. The van der Waals surface area contributed by atoms with Crippen LogP contribution in [-0.4, -0.2) is 33.0 Å². The SMILES string of the molecule is CCCCN(CC)C(=O)Cn1c(=O)n(-c2ccc(F)c(C)c2)c(=O)c2sccc21. The number of likely N-dealkylation sites (N-methyl/N-ethyl adjacent to an activating group) is 1. The molecule has 0 fully saturated rings. The van der Waals surface area contributed by atoms with Crippen molar-refractivity contribution in [3.05, 3.63) is 61.9 Å². The number of aryl methyl sites for hydroxylation is 1. The number of aromatic nitrogens is 2. The molecule has 0 N–H and O–H groups in total. The lowest BCUT2D eigenvalue weighted by molar-refractivity contribution is -0.131. The van der Waals surface area contributed by atoms with Crippen molar-refractivity contribution in [1.29, 1.82) is 0 Å². The van der Waals surface area contributed by atoms with Gasteiger partial charge >= 0.3 is 5.69 Å². The summed E-state index contributed by atoms with van der Waals surface area (Å²) in [5, 5.41) is 1.72. The Morgan fingerprint density at radius 1 is 1.21 bits per heavy atom. The van der Waals surface area contributed by atoms with Gasteiger partial charge < -0.3 is 4.90 Å². The van der Waals surface area contributed by atoms with Crippen molar-refractivity contribution in [3.63, 3.8) is 0 Å². The first-order chi connectivity index (χ1) is 13.9. The Labute approximate surface area is 171 Å². The van der Waals surface area contributed by atoms with Crippen molar-refractivity contribution >= 4 is 27.5 Å². The zero-order valence-corrected chi connectivity index (χ0v) is 17.6. The largest absolute Gasteiger partial charge is 0.341 e. The number of thiophene rings is 1. The van der Waals surface area contributed by atoms with E-state index in [2.05, 4.69) is 6.92 Å². The molecule has 2 heterocycles. The Bertz CT molecular complexity index is 1160. The Morgan fingerprint density at radius 3 is 2.62 bits per heavy atom. The topological polar surface area (TPSA) is 64.3 Å². The first-order valence-electron chi connectivity index (χ1n) is 9.66. The molecule has 1 aromatic carbocycles. The standard InChI is InChI=1S/C21H24FN3O3S/c1-4-6-10-23(5-2)18(26)13-24-17-9-11-29-19(17)20(27)25(21(24)28)15-7-8-16(22)14(3)12-15/h7-9,11-12H,4-6,10,13H2,1-3H3. The summed E-state index contributed by atoms with van der Waals surface area (Å²) in [4.78, 5) is 40.7. The minimum atomic E-state index is -0.605. The third kappa shape index (κ3) is 4.03. The van der Waals surface area contributed by atoms with Gasteiger partial charge in [-0.15, -0.1) is 11.3 Å². The van der Waals surface area contributed by atoms with E-state index in [1.54, 1.807) is 23.3 Å². The lowest BCUT2D eigenvalue weighted by atomic mass is 10.2. The molecule has 0 atom stereocenters. The molecule has 0 bridgehead atoms. The van der Waals surface area contributed by atoms with Crippen LogP contribution in [0.15, 0.2) is 39.2 Å². The molecule has 0 aliphatic carbocycles. The first-order valence-corrected chi connectivity index (χ1v) is 10.5. The van der Waals surface area contributed by atoms with E-state index in [0.717, 1.165) is 17.4 Å². The van der Waals surface area contributed by atoms with Crippen LogP contribution in [0, 0.1) is 12.7 Å². The Morgan fingerprint density at radius 2 is 1.97 bits per heavy atom. The molecule has 8 heteroatoms. The van der Waals surface area contributed by atoms with Crippen LogP contribution < -0.4 is 11.2 Å². The van der Waals surface area contributed by atoms with Crippen molar-refractivity contribution < 1.29 is 9.18 Å². The van der Waals surface area contributed by atoms with Crippen molar-refractivity contribution in [3.8, 4) is 5.69 Å². The number of amides is 1. The predicted molar refractivity (Wildman–Crippen MR) is 114 cm³/mol. The van der Waals surface area contributed by atoms with Crippen LogP contribution in [0.1, 0.15) is 32.3 Å². The summed E-state index contributed by atoms with van der Waals surface area (Å²) >= 11 is 1.22. The van der Waals surface area contributed by atoms with Crippen molar-refractivity contribution in [2.24, 2.45) is 0 Å². The number of hydrogen-bond acceptors (Lipinski definition) is 4. The fourth-order valence-corrected chi connectivity index (χ4v) is 4.10. The van der Waals surface area contributed by atoms with Crippen molar-refractivity contribution in [2.75, 3.05) is 13.1 Å². The third-order valence-electron chi connectivity index (χ3n) is 4.96. The Kier molecular flexibility index (Phi) is 6.32. The first kappa shape index (κ1) is 21.0. The van der Waals surface area contributed by atoms with Gasteiger partial charge in [-0.3, -0.25) is 14.2 Å². The van der Waals surface area contributed by atoms with Gasteiger partial charge in [-0.25, -0.2) is 13.8 Å². The maximum absolute atomic E-state index is 13.7. The van der Waals surface area contributed by atoms with E-state index in [1.807, 2.05) is 6.92 Å². The summed E-state index contributed by atoms with van der Waals surface area (Å²) in [6.07, 6.45) is 1.85. The highest BCUT2D eigenvalue weighted by molar-refractivity contribution is 7.17. The highest BCUT2D eigenvalue weighted by atomic mass is 32.1. The zero-order chi connectivity index (χ0) is 21.1. The molecule has 1 amide bonds. The monoisotopic (exact) mass is 417 g/mol. The average Bonchev–Trinajstić information content (AvgIpc) is 3.18. The van der Waals surface area contributed by atoms with Gasteiger partial charge in [0, 0.05) is 13.1 Å². The summed E-state index contributed by atoms with van der Waals surface area (Å²) in [5.41, 5.74) is -0.00650. The van der Waals surface area contributed by atoms with Gasteiger partial charge in [-0.2, -0.15) is 0 Å². The summed E-state index contributed by atoms with van der Waals surface area (Å²) in [5.74, 6) is -0.583. The average molecular weight is 418 g/mol. The number of carbonyl (C=O) groups is 1. The molecule has 0 spiro atoms. The lowest BCUT2D eigenvalue weighted by Gasteiger charge is -2.21. The number of halogens is 1. The number of carbonyl (C=O) groups excluding carboxylic acids is 1. The van der Waals surface area contributed by atoms with Gasteiger partial charge in [-0.1, -0.05) is 13.3 Å². The van der Waals surface area contributed by atoms with Gasteiger partial charge in [0.1, 0.15) is 17.1 Å². The Balaban J connectivity index is 2.14. The molecular formula is C21H24FN3O3S. The number of unbranched alkanes of at least 4 members (excludes halogenated alkanes) is 1. The fraction of sp³-hybridized carbons (Fsp3) is 0.381. The fourth-order valence-electron chi connectivity index (χ4n) is 3.28. The van der Waals surface area contributed by atoms with Crippen LogP contribution in [0.3, 0.4) is 0 Å². The normalized spacial score (nSPS) is 11.2. The smallest absolute Gasteiger partial charge is 0.336 e. The van der Waals surface area contributed by atoms with Gasteiger partial charge in [0.2, 0.25) is 5.91 Å². The molecule has 2 aromatic heterocycles. The van der Waals surface area contributed by atoms with E-state index in [9.17, 15) is 18.8 Å². The molecule has 0 aliphatic heterocycles. The zero-order valence-electron chi connectivity index (χ0n) is 16.8. The highest BCUT2D eigenvalue weighted by Gasteiger charge is 2.20. The molecular weight excluding hydrogens is 393 g/mol. The number of fused-ring (bicyclic) bond motifs is 1. The quantitative estimate of drug-likeness (QED) is 0.592. The molecule has 0 saturated heterocycles. The van der Waals surface area contributed by atoms with Crippen molar-refractivity contribution in [1.82, 2.24) is 14.0 Å². The van der Waals surface area contributed by atoms with Gasteiger partial charge in [-0.05, 0) is 55.5 Å². The maximum atomic E-state index is 13.7. The molecule has 0 saturated carbocycles. The second-order valence-electron chi connectivity index (χ2n) is 6.90. The third-order valence-corrected chi connectivity index (χ3v) is 5.86. The minimum absolute atomic E-state index is 0.149. The summed E-state index contributed by atoms with van der Waals surface area (Å²) in [7, 11) is 0. The minimum Gasteiger partial charge on any atom is -0.341 e. The van der Waals surface area contributed by atoms with Crippen LogP contribution in [-0.2, 0) is 11.3 Å². The van der Waals surface area contributed by atoms with E-state index >= 15 is 0 Å². The van der Waals surface area contributed by atoms with Crippen LogP contribution in [0.4, 0.5) is 4.39 Å². The van der Waals surface area contributed by atoms with Gasteiger partial charge in [0.15, 0.2) is 0 Å². The van der Waals surface area contributed by atoms with Crippen molar-refractivity contribution in [2.45, 2.75) is 40.2 Å². The van der Waals surface area contributed by atoms with E-state index in [0.29, 0.717) is 28.9 Å². The van der Waals surface area contributed by atoms with E-state index in [4.69, 9.17) is 0 Å². The molecule has 0 aliphatic rings. The van der Waals surface area contributed by atoms with Gasteiger partial charge in [0.05, 0.1) is 11.2 Å². The van der Waals surface area contributed by atoms with Crippen LogP contribution >= 0.6 is 11.3 Å². The van der Waals surface area contributed by atoms with Gasteiger partial charge in [0.25, 0.3) is 5.56 Å². The van der Waals surface area contributed by atoms with Crippen LogP contribution in [0.5, 0.6) is 0 Å². The van der Waals surface area contributed by atoms with Crippen LogP contribution in [0.25, 0.3) is 15.9 Å². The maximum Gasteiger partial charge on any atom is 0.336 e. The highest BCUT2D eigenvalue weighted by Crippen LogP contribution is 2.18. The molecule has 0 radical (unpaired) electrons. The molecule has 29 heavy (non-hydrogen) atoms. The number of benzene rings is 1. The van der Waals surface area contributed by atoms with E-state index in [1.165, 1.54) is 34.1 Å². The second kappa shape index (κ2) is 8.73. The number of hydrogen-bond donors (Lipinski definition) is 0. The second-order valence-corrected chi connectivity index (χ2v) is 7.82. The Hall–Kier alpha value is -2.74. The molecule has 3 rings (SSSR count). The number of nitrogens with zero attached hydrogens (tertiary/aromatic N) is 3. The van der Waals surface area contributed by atoms with E-state index < -0.39 is 17.1 Å². The summed E-state index contributed by atoms with van der Waals surface area (Å²) < 4.78 is 16.4. The summed E-state index contributed by atoms with van der Waals surface area (Å²) in [6.45, 7) is 6.56. The molecule has 0 unspecified atom stereocenters.